The van der Waals surface area contributed by atoms with E-state index in [0.29, 0.717) is 17.6 Å². The molecular formula is C7H12O. The van der Waals surface area contributed by atoms with Crippen molar-refractivity contribution in [3.8, 4) is 0 Å². The summed E-state index contributed by atoms with van der Waals surface area (Å²) in [6.45, 7) is 4.18. The molecule has 0 aromatic rings. The summed E-state index contributed by atoms with van der Waals surface area (Å²) in [6, 6.07) is 0. The van der Waals surface area contributed by atoms with Gasteiger partial charge in [0.05, 0.1) is 0 Å². The largest absolute Gasteiger partial charge is 0.299 e. The molecule has 0 heterocycles. The zero-order valence-corrected chi connectivity index (χ0v) is 5.48. The standard InChI is InChI=1S/C7H12O/c1-5-3-4-7(8)6(5)2/h5-6H,3-4H2,1-2H3/t5-,6+/m0/s1. The lowest BCUT2D eigenvalue weighted by Crippen LogP contribution is -2.06. The second-order valence-corrected chi connectivity index (χ2v) is 2.77. The van der Waals surface area contributed by atoms with E-state index in [1.807, 2.05) is 6.92 Å². The minimum atomic E-state index is 0.343. The Labute approximate surface area is 50.1 Å². The average Bonchev–Trinajstić information content (AvgIpc) is 1.98. The molecule has 1 heteroatoms. The van der Waals surface area contributed by atoms with Crippen LogP contribution < -0.4 is 0 Å². The number of Topliss-reactive ketones (excluding diaryl/α,β-unsaturated/α-hetero) is 1. The molecule has 0 spiro atoms. The van der Waals surface area contributed by atoms with Gasteiger partial charge in [-0.25, -0.2) is 0 Å². The second-order valence-electron chi connectivity index (χ2n) is 2.77. The molecule has 0 unspecified atom stereocenters. The smallest absolute Gasteiger partial charge is 0.135 e. The average molecular weight is 112 g/mol. The third kappa shape index (κ3) is 0.770. The maximum atomic E-state index is 10.8. The van der Waals surface area contributed by atoms with E-state index in [2.05, 4.69) is 6.92 Å². The van der Waals surface area contributed by atoms with Crippen molar-refractivity contribution in [2.75, 3.05) is 0 Å². The molecule has 0 amide bonds. The van der Waals surface area contributed by atoms with E-state index in [1.54, 1.807) is 0 Å². The van der Waals surface area contributed by atoms with E-state index < -0.39 is 0 Å². The third-order valence-corrected chi connectivity index (χ3v) is 2.21. The van der Waals surface area contributed by atoms with Crippen LogP contribution in [0.1, 0.15) is 26.7 Å². The van der Waals surface area contributed by atoms with Crippen molar-refractivity contribution in [2.45, 2.75) is 26.7 Å². The predicted molar refractivity (Wildman–Crippen MR) is 32.6 cm³/mol. The molecule has 0 aliphatic heterocycles. The molecule has 0 aromatic heterocycles. The SMILES string of the molecule is C[C@H]1CCC(=O)[C@@H]1C. The summed E-state index contributed by atoms with van der Waals surface area (Å²) >= 11 is 0. The van der Waals surface area contributed by atoms with Crippen molar-refractivity contribution in [3.05, 3.63) is 0 Å². The Morgan fingerprint density at radius 1 is 1.50 bits per heavy atom. The molecule has 8 heavy (non-hydrogen) atoms. The van der Waals surface area contributed by atoms with E-state index in [-0.39, 0.29) is 0 Å². The van der Waals surface area contributed by atoms with Crippen molar-refractivity contribution in [3.63, 3.8) is 0 Å². The topological polar surface area (TPSA) is 17.1 Å². The lowest BCUT2D eigenvalue weighted by atomic mass is 10.0. The van der Waals surface area contributed by atoms with Crippen LogP contribution >= 0.6 is 0 Å². The molecule has 0 N–H and O–H groups in total. The first kappa shape index (κ1) is 5.80. The van der Waals surface area contributed by atoms with Crippen LogP contribution in [0.25, 0.3) is 0 Å². The lowest BCUT2D eigenvalue weighted by molar-refractivity contribution is -0.120. The summed E-state index contributed by atoms with van der Waals surface area (Å²) in [5, 5.41) is 0. The van der Waals surface area contributed by atoms with Gasteiger partial charge in [0.1, 0.15) is 5.78 Å². The lowest BCUT2D eigenvalue weighted by Gasteiger charge is -2.03. The van der Waals surface area contributed by atoms with Gasteiger partial charge in [-0.05, 0) is 12.3 Å². The first-order valence-corrected chi connectivity index (χ1v) is 3.24. The van der Waals surface area contributed by atoms with Crippen molar-refractivity contribution < 1.29 is 4.79 Å². The van der Waals surface area contributed by atoms with Crippen LogP contribution in [0.2, 0.25) is 0 Å². The monoisotopic (exact) mass is 112 g/mol. The second kappa shape index (κ2) is 1.88. The van der Waals surface area contributed by atoms with Crippen LogP contribution in [-0.4, -0.2) is 5.78 Å². The molecule has 1 aliphatic rings. The highest BCUT2D eigenvalue weighted by Gasteiger charge is 2.26. The molecular weight excluding hydrogens is 100 g/mol. The third-order valence-electron chi connectivity index (χ3n) is 2.21. The fourth-order valence-corrected chi connectivity index (χ4v) is 1.16. The van der Waals surface area contributed by atoms with Gasteiger partial charge in [0.25, 0.3) is 0 Å². The number of carbonyl (C=O) groups excluding carboxylic acids is 1. The number of hydrogen-bond acceptors (Lipinski definition) is 1. The number of rotatable bonds is 0. The predicted octanol–water partition coefficient (Wildman–Crippen LogP) is 1.62. The Bertz CT molecular complexity index is 107. The highest BCUT2D eigenvalue weighted by atomic mass is 16.1. The molecule has 1 fully saturated rings. The van der Waals surface area contributed by atoms with E-state index in [4.69, 9.17) is 0 Å². The fraction of sp³-hybridized carbons (Fsp3) is 0.857. The van der Waals surface area contributed by atoms with E-state index in [0.717, 1.165) is 12.8 Å². The molecule has 46 valence electrons. The Balaban J connectivity index is 2.56. The van der Waals surface area contributed by atoms with Gasteiger partial charge in [0.15, 0.2) is 0 Å². The van der Waals surface area contributed by atoms with Gasteiger partial charge in [-0.3, -0.25) is 4.79 Å². The maximum absolute atomic E-state index is 10.8. The minimum Gasteiger partial charge on any atom is -0.299 e. The fourth-order valence-electron chi connectivity index (χ4n) is 1.16. The molecule has 0 aromatic carbocycles. The maximum Gasteiger partial charge on any atom is 0.135 e. The van der Waals surface area contributed by atoms with Crippen molar-refractivity contribution in [1.82, 2.24) is 0 Å². The molecule has 1 nitrogen and oxygen atoms in total. The van der Waals surface area contributed by atoms with Gasteiger partial charge < -0.3 is 0 Å². The Kier molecular flexibility index (Phi) is 1.37. The van der Waals surface area contributed by atoms with Crippen LogP contribution in [0, 0.1) is 11.8 Å². The first-order valence-electron chi connectivity index (χ1n) is 3.24. The minimum absolute atomic E-state index is 0.343. The first-order chi connectivity index (χ1) is 3.72. The van der Waals surface area contributed by atoms with Gasteiger partial charge >= 0.3 is 0 Å². The van der Waals surface area contributed by atoms with Crippen LogP contribution in [0.5, 0.6) is 0 Å². The Hall–Kier alpha value is -0.330. The summed E-state index contributed by atoms with van der Waals surface area (Å²) in [6.07, 6.45) is 1.93. The molecule has 0 bridgehead atoms. The normalized spacial score (nSPS) is 38.5. The van der Waals surface area contributed by atoms with E-state index >= 15 is 0 Å². The van der Waals surface area contributed by atoms with Gasteiger partial charge in [0, 0.05) is 12.3 Å². The van der Waals surface area contributed by atoms with Crippen molar-refractivity contribution >= 4 is 5.78 Å². The summed E-state index contributed by atoms with van der Waals surface area (Å²) in [7, 11) is 0. The highest BCUT2D eigenvalue weighted by molar-refractivity contribution is 5.82. The van der Waals surface area contributed by atoms with Crippen LogP contribution in [-0.2, 0) is 4.79 Å². The zero-order chi connectivity index (χ0) is 6.15. The van der Waals surface area contributed by atoms with Crippen molar-refractivity contribution in [2.24, 2.45) is 11.8 Å². The van der Waals surface area contributed by atoms with E-state index in [1.165, 1.54) is 0 Å². The summed E-state index contributed by atoms with van der Waals surface area (Å²) in [5.74, 6) is 1.44. The zero-order valence-electron chi connectivity index (χ0n) is 5.48. The molecule has 1 rings (SSSR count). The molecule has 0 saturated heterocycles. The Morgan fingerprint density at radius 2 is 2.12 bits per heavy atom. The van der Waals surface area contributed by atoms with Gasteiger partial charge in [0.2, 0.25) is 0 Å². The van der Waals surface area contributed by atoms with Gasteiger partial charge in [-0.2, -0.15) is 0 Å². The van der Waals surface area contributed by atoms with Crippen LogP contribution in [0.4, 0.5) is 0 Å². The molecule has 2 atom stereocenters. The molecule has 1 saturated carbocycles. The quantitative estimate of drug-likeness (QED) is 0.465. The molecule has 0 radical (unpaired) electrons. The van der Waals surface area contributed by atoms with Crippen molar-refractivity contribution in [1.29, 1.82) is 0 Å². The van der Waals surface area contributed by atoms with Gasteiger partial charge in [-0.1, -0.05) is 13.8 Å². The van der Waals surface area contributed by atoms with E-state index in [9.17, 15) is 4.79 Å². The summed E-state index contributed by atoms with van der Waals surface area (Å²) < 4.78 is 0. The Morgan fingerprint density at radius 3 is 2.25 bits per heavy atom. The number of ketones is 1. The van der Waals surface area contributed by atoms with Crippen LogP contribution in [0.3, 0.4) is 0 Å². The van der Waals surface area contributed by atoms with Gasteiger partial charge in [-0.15, -0.1) is 0 Å². The summed E-state index contributed by atoms with van der Waals surface area (Å²) in [5.41, 5.74) is 0. The summed E-state index contributed by atoms with van der Waals surface area (Å²) in [4.78, 5) is 10.8. The number of hydrogen-bond donors (Lipinski definition) is 0. The number of carbonyl (C=O) groups is 1. The van der Waals surface area contributed by atoms with Crippen LogP contribution in [0.15, 0.2) is 0 Å². The molecule has 1 aliphatic carbocycles. The highest BCUT2D eigenvalue weighted by Crippen LogP contribution is 2.26.